The Bertz CT molecular complexity index is 188. The number of amides is 2. The number of urea groups is 1. The van der Waals surface area contributed by atoms with Crippen LogP contribution in [0.5, 0.6) is 0 Å². The molecular formula is C10H21N3O. The second kappa shape index (κ2) is 5.20. The summed E-state index contributed by atoms with van der Waals surface area (Å²) in [6.45, 7) is 3.04. The van der Waals surface area contributed by atoms with Crippen molar-refractivity contribution >= 4 is 6.03 Å². The maximum Gasteiger partial charge on any atom is 0.319 e. The molecule has 1 aliphatic rings. The fourth-order valence-corrected chi connectivity index (χ4v) is 1.89. The van der Waals surface area contributed by atoms with Crippen LogP contribution in [0.3, 0.4) is 0 Å². The zero-order valence-corrected chi connectivity index (χ0v) is 9.42. The van der Waals surface area contributed by atoms with Crippen molar-refractivity contribution in [2.24, 2.45) is 5.92 Å². The second-order valence-corrected chi connectivity index (χ2v) is 4.27. The summed E-state index contributed by atoms with van der Waals surface area (Å²) < 4.78 is 0. The molecule has 0 aliphatic carbocycles. The minimum Gasteiger partial charge on any atom is -0.331 e. The minimum atomic E-state index is 0.0931. The van der Waals surface area contributed by atoms with Gasteiger partial charge in [0.05, 0.1) is 0 Å². The summed E-state index contributed by atoms with van der Waals surface area (Å²) >= 11 is 0. The molecule has 1 fully saturated rings. The topological polar surface area (TPSA) is 35.6 Å². The standard InChI is InChI=1S/C10H21N3O/c1-12(2)10(14)13(3)8-9-5-4-6-11-7-9/h9,11H,4-8H2,1-3H3. The fourth-order valence-electron chi connectivity index (χ4n) is 1.89. The maximum atomic E-state index is 11.5. The maximum absolute atomic E-state index is 11.5. The Morgan fingerprint density at radius 1 is 1.43 bits per heavy atom. The predicted molar refractivity (Wildman–Crippen MR) is 57.3 cm³/mol. The van der Waals surface area contributed by atoms with Crippen LogP contribution < -0.4 is 5.32 Å². The zero-order valence-electron chi connectivity index (χ0n) is 9.42. The van der Waals surface area contributed by atoms with Gasteiger partial charge in [-0.25, -0.2) is 4.79 Å². The Balaban J connectivity index is 2.31. The van der Waals surface area contributed by atoms with E-state index in [0.29, 0.717) is 5.92 Å². The molecule has 4 heteroatoms. The molecule has 0 radical (unpaired) electrons. The lowest BCUT2D eigenvalue weighted by Gasteiger charge is -2.29. The Kier molecular flexibility index (Phi) is 4.20. The number of rotatable bonds is 2. The summed E-state index contributed by atoms with van der Waals surface area (Å²) in [5.74, 6) is 0.623. The van der Waals surface area contributed by atoms with Gasteiger partial charge in [0.2, 0.25) is 0 Å². The van der Waals surface area contributed by atoms with Gasteiger partial charge in [-0.15, -0.1) is 0 Å². The highest BCUT2D eigenvalue weighted by molar-refractivity contribution is 5.73. The Hall–Kier alpha value is -0.770. The van der Waals surface area contributed by atoms with Crippen molar-refractivity contribution in [2.75, 3.05) is 40.8 Å². The molecule has 0 bridgehead atoms. The van der Waals surface area contributed by atoms with E-state index >= 15 is 0 Å². The number of carbonyl (C=O) groups excluding carboxylic acids is 1. The van der Waals surface area contributed by atoms with Crippen LogP contribution in [0.15, 0.2) is 0 Å². The monoisotopic (exact) mass is 199 g/mol. The van der Waals surface area contributed by atoms with Gasteiger partial charge in [0.1, 0.15) is 0 Å². The summed E-state index contributed by atoms with van der Waals surface area (Å²) in [4.78, 5) is 15.0. The molecule has 1 heterocycles. The van der Waals surface area contributed by atoms with Crippen LogP contribution in [0.2, 0.25) is 0 Å². The quantitative estimate of drug-likeness (QED) is 0.707. The van der Waals surface area contributed by atoms with E-state index in [0.717, 1.165) is 19.6 Å². The minimum absolute atomic E-state index is 0.0931. The summed E-state index contributed by atoms with van der Waals surface area (Å²) in [5.41, 5.74) is 0. The first-order chi connectivity index (χ1) is 6.61. The molecule has 1 N–H and O–H groups in total. The molecule has 2 amide bonds. The van der Waals surface area contributed by atoms with E-state index in [4.69, 9.17) is 0 Å². The van der Waals surface area contributed by atoms with Gasteiger partial charge >= 0.3 is 6.03 Å². The number of nitrogens with zero attached hydrogens (tertiary/aromatic N) is 2. The van der Waals surface area contributed by atoms with E-state index in [2.05, 4.69) is 5.32 Å². The van der Waals surface area contributed by atoms with Gasteiger partial charge in [0.25, 0.3) is 0 Å². The average Bonchev–Trinajstić information content (AvgIpc) is 2.18. The number of nitrogens with one attached hydrogen (secondary N) is 1. The van der Waals surface area contributed by atoms with Gasteiger partial charge in [-0.3, -0.25) is 0 Å². The van der Waals surface area contributed by atoms with Crippen molar-refractivity contribution < 1.29 is 4.79 Å². The van der Waals surface area contributed by atoms with Crippen molar-refractivity contribution in [1.82, 2.24) is 15.1 Å². The van der Waals surface area contributed by atoms with Crippen LogP contribution in [-0.4, -0.2) is 56.6 Å². The smallest absolute Gasteiger partial charge is 0.319 e. The Morgan fingerprint density at radius 3 is 2.64 bits per heavy atom. The molecule has 0 aromatic carbocycles. The average molecular weight is 199 g/mol. The normalized spacial score (nSPS) is 21.8. The molecule has 0 aromatic rings. The lowest BCUT2D eigenvalue weighted by Crippen LogP contribution is -2.42. The van der Waals surface area contributed by atoms with Gasteiger partial charge in [0.15, 0.2) is 0 Å². The molecular weight excluding hydrogens is 178 g/mol. The van der Waals surface area contributed by atoms with Crippen LogP contribution in [0.4, 0.5) is 4.79 Å². The summed E-state index contributed by atoms with van der Waals surface area (Å²) in [5, 5.41) is 3.36. The highest BCUT2D eigenvalue weighted by atomic mass is 16.2. The summed E-state index contributed by atoms with van der Waals surface area (Å²) in [6, 6.07) is 0.0931. The van der Waals surface area contributed by atoms with E-state index in [-0.39, 0.29) is 6.03 Å². The molecule has 82 valence electrons. The zero-order chi connectivity index (χ0) is 10.6. The SMILES string of the molecule is CN(C)C(=O)N(C)CC1CCCNC1. The second-order valence-electron chi connectivity index (χ2n) is 4.27. The third-order valence-corrected chi connectivity index (χ3v) is 2.64. The van der Waals surface area contributed by atoms with Crippen molar-refractivity contribution in [3.05, 3.63) is 0 Å². The Labute approximate surface area is 86.2 Å². The van der Waals surface area contributed by atoms with E-state index in [9.17, 15) is 4.79 Å². The molecule has 0 aromatic heterocycles. The molecule has 0 spiro atoms. The van der Waals surface area contributed by atoms with Crippen LogP contribution >= 0.6 is 0 Å². The van der Waals surface area contributed by atoms with Gasteiger partial charge in [0, 0.05) is 27.7 Å². The molecule has 1 atom stereocenters. The molecule has 14 heavy (non-hydrogen) atoms. The third-order valence-electron chi connectivity index (χ3n) is 2.64. The van der Waals surface area contributed by atoms with E-state index in [1.165, 1.54) is 12.8 Å². The molecule has 0 saturated carbocycles. The number of hydrogen-bond donors (Lipinski definition) is 1. The fraction of sp³-hybridized carbons (Fsp3) is 0.900. The number of hydrogen-bond acceptors (Lipinski definition) is 2. The summed E-state index contributed by atoms with van der Waals surface area (Å²) in [7, 11) is 5.45. The van der Waals surface area contributed by atoms with Gasteiger partial charge in [-0.1, -0.05) is 0 Å². The first-order valence-electron chi connectivity index (χ1n) is 5.24. The van der Waals surface area contributed by atoms with E-state index < -0.39 is 0 Å². The summed E-state index contributed by atoms with van der Waals surface area (Å²) in [6.07, 6.45) is 2.46. The van der Waals surface area contributed by atoms with E-state index in [1.54, 1.807) is 23.9 Å². The highest BCUT2D eigenvalue weighted by Gasteiger charge is 2.18. The molecule has 1 aliphatic heterocycles. The third kappa shape index (κ3) is 3.18. The van der Waals surface area contributed by atoms with Gasteiger partial charge in [-0.2, -0.15) is 0 Å². The van der Waals surface area contributed by atoms with Crippen molar-refractivity contribution in [3.8, 4) is 0 Å². The molecule has 1 unspecified atom stereocenters. The highest BCUT2D eigenvalue weighted by Crippen LogP contribution is 2.11. The first-order valence-corrected chi connectivity index (χ1v) is 5.24. The number of piperidine rings is 1. The van der Waals surface area contributed by atoms with Gasteiger partial charge < -0.3 is 15.1 Å². The van der Waals surface area contributed by atoms with Crippen molar-refractivity contribution in [2.45, 2.75) is 12.8 Å². The van der Waals surface area contributed by atoms with Crippen LogP contribution in [-0.2, 0) is 0 Å². The van der Waals surface area contributed by atoms with Crippen LogP contribution in [0.25, 0.3) is 0 Å². The number of carbonyl (C=O) groups is 1. The van der Waals surface area contributed by atoms with Gasteiger partial charge in [-0.05, 0) is 31.8 Å². The molecule has 1 rings (SSSR count). The predicted octanol–water partition coefficient (Wildman–Crippen LogP) is 0.599. The Morgan fingerprint density at radius 2 is 2.14 bits per heavy atom. The molecule has 1 saturated heterocycles. The van der Waals surface area contributed by atoms with E-state index in [1.807, 2.05) is 7.05 Å². The molecule has 4 nitrogen and oxygen atoms in total. The first kappa shape index (κ1) is 11.3. The van der Waals surface area contributed by atoms with Crippen molar-refractivity contribution in [3.63, 3.8) is 0 Å². The lowest BCUT2D eigenvalue weighted by atomic mass is 9.99. The van der Waals surface area contributed by atoms with Crippen molar-refractivity contribution in [1.29, 1.82) is 0 Å². The van der Waals surface area contributed by atoms with Crippen LogP contribution in [0.1, 0.15) is 12.8 Å². The largest absolute Gasteiger partial charge is 0.331 e. The lowest BCUT2D eigenvalue weighted by molar-refractivity contribution is 0.170. The van der Waals surface area contributed by atoms with Crippen LogP contribution in [0, 0.1) is 5.92 Å².